The van der Waals surface area contributed by atoms with Gasteiger partial charge in [-0.15, -0.1) is 10.2 Å². The molecule has 0 saturated carbocycles. The molecule has 0 bridgehead atoms. The highest BCUT2D eigenvalue weighted by molar-refractivity contribution is 5.81. The Morgan fingerprint density at radius 1 is 1.69 bits per heavy atom. The first-order valence-electron chi connectivity index (χ1n) is 3.75. The summed E-state index contributed by atoms with van der Waals surface area (Å²) < 4.78 is 4.75. The molecule has 0 aromatic carbocycles. The van der Waals surface area contributed by atoms with E-state index in [0.29, 0.717) is 6.42 Å². The maximum Gasteiger partial charge on any atom is 0.330 e. The third kappa shape index (κ3) is 3.42. The molecule has 5 nitrogen and oxygen atoms in total. The lowest BCUT2D eigenvalue weighted by Gasteiger charge is -1.99. The topological polar surface area (TPSA) is 65.0 Å². The minimum atomic E-state index is -0.429. The standard InChI is InChI=1S/C8H9N3O2/c1-2-8(12)13-6-4-7-3-5-9-11-10-7/h2-3,5H,1,4,6H2. The molecule has 0 aliphatic carbocycles. The van der Waals surface area contributed by atoms with E-state index in [1.165, 1.54) is 6.20 Å². The number of hydrogen-bond acceptors (Lipinski definition) is 5. The summed E-state index contributed by atoms with van der Waals surface area (Å²) in [7, 11) is 0. The van der Waals surface area contributed by atoms with E-state index in [1.807, 2.05) is 0 Å². The van der Waals surface area contributed by atoms with Crippen LogP contribution in [0, 0.1) is 0 Å². The van der Waals surface area contributed by atoms with E-state index in [0.717, 1.165) is 11.8 Å². The highest BCUT2D eigenvalue weighted by Crippen LogP contribution is 1.92. The van der Waals surface area contributed by atoms with Gasteiger partial charge in [-0.3, -0.25) is 0 Å². The molecular formula is C8H9N3O2. The van der Waals surface area contributed by atoms with Crippen molar-refractivity contribution in [1.82, 2.24) is 15.4 Å². The van der Waals surface area contributed by atoms with E-state index >= 15 is 0 Å². The van der Waals surface area contributed by atoms with Crippen LogP contribution in [0.1, 0.15) is 5.69 Å². The summed E-state index contributed by atoms with van der Waals surface area (Å²) in [5.74, 6) is -0.429. The largest absolute Gasteiger partial charge is 0.462 e. The fourth-order valence-corrected chi connectivity index (χ4v) is 0.714. The predicted molar refractivity (Wildman–Crippen MR) is 44.7 cm³/mol. The summed E-state index contributed by atoms with van der Waals surface area (Å²) in [6.07, 6.45) is 3.20. The number of rotatable bonds is 4. The van der Waals surface area contributed by atoms with Gasteiger partial charge < -0.3 is 4.74 Å². The van der Waals surface area contributed by atoms with Crippen molar-refractivity contribution in [2.24, 2.45) is 0 Å². The SMILES string of the molecule is C=CC(=O)OCCc1ccnnn1. The number of esters is 1. The molecule has 0 fully saturated rings. The van der Waals surface area contributed by atoms with Crippen LogP contribution in [0.5, 0.6) is 0 Å². The number of nitrogens with zero attached hydrogens (tertiary/aromatic N) is 3. The van der Waals surface area contributed by atoms with E-state index in [9.17, 15) is 4.79 Å². The lowest BCUT2D eigenvalue weighted by atomic mass is 10.3. The Morgan fingerprint density at radius 2 is 2.54 bits per heavy atom. The summed E-state index contributed by atoms with van der Waals surface area (Å²) in [5, 5.41) is 10.7. The van der Waals surface area contributed by atoms with Crippen molar-refractivity contribution >= 4 is 5.97 Å². The molecule has 0 N–H and O–H groups in total. The second-order valence-corrected chi connectivity index (χ2v) is 2.23. The van der Waals surface area contributed by atoms with Gasteiger partial charge in [-0.05, 0) is 11.3 Å². The summed E-state index contributed by atoms with van der Waals surface area (Å²) in [6.45, 7) is 3.56. The van der Waals surface area contributed by atoms with E-state index in [-0.39, 0.29) is 6.61 Å². The van der Waals surface area contributed by atoms with Crippen molar-refractivity contribution in [3.8, 4) is 0 Å². The Morgan fingerprint density at radius 3 is 3.15 bits per heavy atom. The van der Waals surface area contributed by atoms with Crippen molar-refractivity contribution in [3.63, 3.8) is 0 Å². The van der Waals surface area contributed by atoms with Crippen LogP contribution in [0.25, 0.3) is 0 Å². The van der Waals surface area contributed by atoms with Gasteiger partial charge in [0.05, 0.1) is 18.5 Å². The summed E-state index contributed by atoms with van der Waals surface area (Å²) in [5.41, 5.74) is 0.742. The van der Waals surface area contributed by atoms with Gasteiger partial charge >= 0.3 is 5.97 Å². The Hall–Kier alpha value is -1.78. The quantitative estimate of drug-likeness (QED) is 0.486. The van der Waals surface area contributed by atoms with Gasteiger partial charge in [0.25, 0.3) is 0 Å². The minimum Gasteiger partial charge on any atom is -0.462 e. The third-order valence-electron chi connectivity index (χ3n) is 1.33. The summed E-state index contributed by atoms with van der Waals surface area (Å²) >= 11 is 0. The van der Waals surface area contributed by atoms with Crippen LogP contribution < -0.4 is 0 Å². The smallest absolute Gasteiger partial charge is 0.330 e. The maximum absolute atomic E-state index is 10.6. The zero-order chi connectivity index (χ0) is 9.52. The van der Waals surface area contributed by atoms with Crippen LogP contribution in [0.15, 0.2) is 24.9 Å². The van der Waals surface area contributed by atoms with E-state index in [2.05, 4.69) is 22.0 Å². The van der Waals surface area contributed by atoms with Crippen LogP contribution in [-0.2, 0) is 16.0 Å². The van der Waals surface area contributed by atoms with Crippen LogP contribution in [0.2, 0.25) is 0 Å². The fourth-order valence-electron chi connectivity index (χ4n) is 0.714. The molecule has 0 aliphatic heterocycles. The molecule has 1 rings (SSSR count). The van der Waals surface area contributed by atoms with Crippen molar-refractivity contribution < 1.29 is 9.53 Å². The first-order chi connectivity index (χ1) is 6.33. The molecule has 1 aromatic heterocycles. The molecule has 0 amide bonds. The molecule has 0 unspecified atom stereocenters. The van der Waals surface area contributed by atoms with Crippen molar-refractivity contribution in [2.45, 2.75) is 6.42 Å². The highest BCUT2D eigenvalue weighted by atomic mass is 16.5. The Kier molecular flexibility index (Phi) is 3.56. The number of hydrogen-bond donors (Lipinski definition) is 0. The van der Waals surface area contributed by atoms with Crippen LogP contribution in [-0.4, -0.2) is 28.0 Å². The monoisotopic (exact) mass is 179 g/mol. The van der Waals surface area contributed by atoms with Gasteiger partial charge in [0.2, 0.25) is 0 Å². The third-order valence-corrected chi connectivity index (χ3v) is 1.33. The number of carbonyl (C=O) groups is 1. The van der Waals surface area contributed by atoms with E-state index in [1.54, 1.807) is 6.07 Å². The predicted octanol–water partition coefficient (Wildman–Crippen LogP) is 0.143. The Balaban J connectivity index is 2.28. The summed E-state index contributed by atoms with van der Waals surface area (Å²) in [6, 6.07) is 1.72. The molecule has 0 saturated heterocycles. The molecule has 0 atom stereocenters. The van der Waals surface area contributed by atoms with Gasteiger partial charge in [-0.2, -0.15) is 0 Å². The van der Waals surface area contributed by atoms with E-state index < -0.39 is 5.97 Å². The molecule has 0 radical (unpaired) electrons. The maximum atomic E-state index is 10.6. The first-order valence-corrected chi connectivity index (χ1v) is 3.75. The molecule has 0 aliphatic rings. The second-order valence-electron chi connectivity index (χ2n) is 2.23. The Labute approximate surface area is 75.4 Å². The number of carbonyl (C=O) groups excluding carboxylic acids is 1. The van der Waals surface area contributed by atoms with Gasteiger partial charge in [0, 0.05) is 12.5 Å². The molecule has 13 heavy (non-hydrogen) atoms. The molecule has 5 heteroatoms. The average molecular weight is 179 g/mol. The van der Waals surface area contributed by atoms with Crippen LogP contribution >= 0.6 is 0 Å². The summed E-state index contributed by atoms with van der Waals surface area (Å²) in [4.78, 5) is 10.6. The molecule has 1 aromatic rings. The zero-order valence-electron chi connectivity index (χ0n) is 7.01. The van der Waals surface area contributed by atoms with Crippen molar-refractivity contribution in [2.75, 3.05) is 6.61 Å². The van der Waals surface area contributed by atoms with Crippen molar-refractivity contribution in [1.29, 1.82) is 0 Å². The van der Waals surface area contributed by atoms with Crippen LogP contribution in [0.3, 0.4) is 0 Å². The van der Waals surface area contributed by atoms with Gasteiger partial charge in [0.15, 0.2) is 0 Å². The minimum absolute atomic E-state index is 0.281. The van der Waals surface area contributed by atoms with Gasteiger partial charge in [-0.1, -0.05) is 6.58 Å². The average Bonchev–Trinajstić information content (AvgIpc) is 2.19. The molecule has 0 spiro atoms. The molecule has 68 valence electrons. The Bertz CT molecular complexity index is 287. The lowest BCUT2D eigenvalue weighted by molar-refractivity contribution is -0.137. The first kappa shape index (κ1) is 9.31. The van der Waals surface area contributed by atoms with E-state index in [4.69, 9.17) is 4.74 Å². The zero-order valence-corrected chi connectivity index (χ0v) is 7.01. The van der Waals surface area contributed by atoms with Crippen molar-refractivity contribution in [3.05, 3.63) is 30.6 Å². The molecular weight excluding hydrogens is 170 g/mol. The van der Waals surface area contributed by atoms with Gasteiger partial charge in [0.1, 0.15) is 0 Å². The number of aromatic nitrogens is 3. The van der Waals surface area contributed by atoms with Gasteiger partial charge in [-0.25, -0.2) is 4.79 Å². The lowest BCUT2D eigenvalue weighted by Crippen LogP contribution is -2.06. The van der Waals surface area contributed by atoms with Crippen LogP contribution in [0.4, 0.5) is 0 Å². The normalized spacial score (nSPS) is 9.23. The second kappa shape index (κ2) is 4.97. The highest BCUT2D eigenvalue weighted by Gasteiger charge is 1.97. The fraction of sp³-hybridized carbons (Fsp3) is 0.250. The molecule has 1 heterocycles. The number of ether oxygens (including phenoxy) is 1.